The number of rotatable bonds is 5. The summed E-state index contributed by atoms with van der Waals surface area (Å²) in [6, 6.07) is 11.7. The van der Waals surface area contributed by atoms with Gasteiger partial charge < -0.3 is 14.8 Å². The summed E-state index contributed by atoms with van der Waals surface area (Å²) >= 11 is 0. The summed E-state index contributed by atoms with van der Waals surface area (Å²) in [5, 5.41) is 2.90. The number of benzene rings is 2. The SMILES string of the molecule is COc1ccc(C(=O)OCC(=O)N[C@@H]2CCCc3ccccc32)cc1F. The number of aryl methyl sites for hydroxylation is 1. The van der Waals surface area contributed by atoms with E-state index >= 15 is 0 Å². The van der Waals surface area contributed by atoms with Crippen molar-refractivity contribution in [3.8, 4) is 5.75 Å². The second-order valence-corrected chi connectivity index (χ2v) is 6.14. The van der Waals surface area contributed by atoms with Gasteiger partial charge in [-0.25, -0.2) is 9.18 Å². The van der Waals surface area contributed by atoms with E-state index in [1.165, 1.54) is 24.8 Å². The predicted octanol–water partition coefficient (Wildman–Crippen LogP) is 3.18. The van der Waals surface area contributed by atoms with Crippen LogP contribution in [0.5, 0.6) is 5.75 Å². The Morgan fingerprint density at radius 3 is 2.81 bits per heavy atom. The lowest BCUT2D eigenvalue weighted by Gasteiger charge is -2.26. The van der Waals surface area contributed by atoms with Crippen LogP contribution in [-0.2, 0) is 16.0 Å². The molecule has 5 nitrogen and oxygen atoms in total. The number of ether oxygens (including phenoxy) is 2. The second kappa shape index (κ2) is 7.99. The Hall–Kier alpha value is -2.89. The summed E-state index contributed by atoms with van der Waals surface area (Å²) in [6.45, 7) is -0.412. The van der Waals surface area contributed by atoms with Gasteiger partial charge in [0, 0.05) is 0 Å². The molecule has 0 spiro atoms. The fourth-order valence-corrected chi connectivity index (χ4v) is 3.15. The first kappa shape index (κ1) is 17.9. The van der Waals surface area contributed by atoms with Crippen LogP contribution in [0.2, 0.25) is 0 Å². The fourth-order valence-electron chi connectivity index (χ4n) is 3.15. The topological polar surface area (TPSA) is 64.6 Å². The van der Waals surface area contributed by atoms with Crippen LogP contribution in [-0.4, -0.2) is 25.6 Å². The molecule has 0 unspecified atom stereocenters. The van der Waals surface area contributed by atoms with Gasteiger partial charge in [0.15, 0.2) is 18.2 Å². The number of carbonyl (C=O) groups is 2. The highest BCUT2D eigenvalue weighted by Gasteiger charge is 2.22. The Labute approximate surface area is 151 Å². The summed E-state index contributed by atoms with van der Waals surface area (Å²) in [4.78, 5) is 24.1. The molecule has 0 aromatic heterocycles. The number of hydrogen-bond donors (Lipinski definition) is 1. The quantitative estimate of drug-likeness (QED) is 0.835. The number of halogens is 1. The van der Waals surface area contributed by atoms with E-state index in [2.05, 4.69) is 11.4 Å². The molecule has 0 bridgehead atoms. The van der Waals surface area contributed by atoms with Crippen molar-refractivity contribution in [2.75, 3.05) is 13.7 Å². The van der Waals surface area contributed by atoms with Crippen molar-refractivity contribution in [1.82, 2.24) is 5.32 Å². The first-order chi connectivity index (χ1) is 12.6. The van der Waals surface area contributed by atoms with Gasteiger partial charge in [0.25, 0.3) is 5.91 Å². The average molecular weight is 357 g/mol. The standard InChI is InChI=1S/C20H20FNO4/c1-25-18-10-9-14(11-16(18)21)20(24)26-12-19(23)22-17-8-4-6-13-5-2-3-7-15(13)17/h2-3,5,7,9-11,17H,4,6,8,12H2,1H3,(H,22,23)/t17-/m1/s1. The molecular weight excluding hydrogens is 337 g/mol. The van der Waals surface area contributed by atoms with Crippen molar-refractivity contribution >= 4 is 11.9 Å². The molecule has 0 saturated heterocycles. The van der Waals surface area contributed by atoms with E-state index in [-0.39, 0.29) is 23.3 Å². The van der Waals surface area contributed by atoms with E-state index in [0.29, 0.717) is 0 Å². The van der Waals surface area contributed by atoms with Gasteiger partial charge in [-0.15, -0.1) is 0 Å². The molecule has 0 radical (unpaired) electrons. The highest BCUT2D eigenvalue weighted by atomic mass is 19.1. The first-order valence-electron chi connectivity index (χ1n) is 8.46. The van der Waals surface area contributed by atoms with Crippen LogP contribution in [0, 0.1) is 5.82 Å². The van der Waals surface area contributed by atoms with Crippen LogP contribution in [0.25, 0.3) is 0 Å². The number of nitrogens with one attached hydrogen (secondary N) is 1. The average Bonchev–Trinajstić information content (AvgIpc) is 2.66. The smallest absolute Gasteiger partial charge is 0.338 e. The maximum Gasteiger partial charge on any atom is 0.338 e. The number of hydrogen-bond acceptors (Lipinski definition) is 4. The van der Waals surface area contributed by atoms with E-state index in [4.69, 9.17) is 9.47 Å². The molecule has 136 valence electrons. The van der Waals surface area contributed by atoms with Crippen LogP contribution in [0.1, 0.15) is 40.4 Å². The molecule has 1 amide bonds. The minimum absolute atomic E-state index is 0.0270. The summed E-state index contributed by atoms with van der Waals surface area (Å²) in [5.74, 6) is -1.76. The molecule has 6 heteroatoms. The van der Waals surface area contributed by atoms with Gasteiger partial charge >= 0.3 is 5.97 Å². The van der Waals surface area contributed by atoms with E-state index in [1.54, 1.807) is 0 Å². The lowest BCUT2D eigenvalue weighted by atomic mass is 9.88. The number of carbonyl (C=O) groups excluding carboxylic acids is 2. The van der Waals surface area contributed by atoms with E-state index in [1.807, 2.05) is 18.2 Å². The molecule has 0 heterocycles. The Kier molecular flexibility index (Phi) is 5.51. The number of methoxy groups -OCH3 is 1. The third kappa shape index (κ3) is 4.02. The molecule has 0 saturated carbocycles. The van der Waals surface area contributed by atoms with Crippen LogP contribution >= 0.6 is 0 Å². The van der Waals surface area contributed by atoms with Gasteiger partial charge in [0.05, 0.1) is 18.7 Å². The Morgan fingerprint density at radius 2 is 2.04 bits per heavy atom. The van der Waals surface area contributed by atoms with Crippen LogP contribution in [0.3, 0.4) is 0 Å². The van der Waals surface area contributed by atoms with Crippen molar-refractivity contribution in [2.24, 2.45) is 0 Å². The molecule has 1 atom stereocenters. The zero-order chi connectivity index (χ0) is 18.5. The zero-order valence-electron chi connectivity index (χ0n) is 14.5. The Balaban J connectivity index is 1.56. The molecule has 0 fully saturated rings. The van der Waals surface area contributed by atoms with Gasteiger partial charge in [-0.1, -0.05) is 24.3 Å². The minimum Gasteiger partial charge on any atom is -0.494 e. The van der Waals surface area contributed by atoms with Crippen molar-refractivity contribution < 1.29 is 23.5 Å². The molecule has 1 N–H and O–H groups in total. The minimum atomic E-state index is -0.759. The highest BCUT2D eigenvalue weighted by molar-refractivity contribution is 5.91. The summed E-state index contributed by atoms with van der Waals surface area (Å²) in [6.07, 6.45) is 2.84. The zero-order valence-corrected chi connectivity index (χ0v) is 14.5. The molecule has 0 aliphatic heterocycles. The van der Waals surface area contributed by atoms with Crippen molar-refractivity contribution in [1.29, 1.82) is 0 Å². The van der Waals surface area contributed by atoms with Gasteiger partial charge in [0.1, 0.15) is 0 Å². The summed E-state index contributed by atoms with van der Waals surface area (Å²) < 4.78 is 23.4. The normalized spacial score (nSPS) is 15.7. The number of amides is 1. The van der Waals surface area contributed by atoms with Gasteiger partial charge in [0.2, 0.25) is 0 Å². The van der Waals surface area contributed by atoms with Crippen molar-refractivity contribution in [2.45, 2.75) is 25.3 Å². The third-order valence-electron chi connectivity index (χ3n) is 4.43. The van der Waals surface area contributed by atoms with Crippen molar-refractivity contribution in [3.05, 3.63) is 65.0 Å². The number of fused-ring (bicyclic) bond motifs is 1. The molecule has 26 heavy (non-hydrogen) atoms. The maximum absolute atomic E-state index is 13.6. The highest BCUT2D eigenvalue weighted by Crippen LogP contribution is 2.29. The van der Waals surface area contributed by atoms with E-state index in [0.717, 1.165) is 30.9 Å². The Bertz CT molecular complexity index is 821. The molecular formula is C20H20FNO4. The van der Waals surface area contributed by atoms with Crippen LogP contribution in [0.15, 0.2) is 42.5 Å². The second-order valence-electron chi connectivity index (χ2n) is 6.14. The fraction of sp³-hybridized carbons (Fsp3) is 0.300. The lowest BCUT2D eigenvalue weighted by molar-refractivity contribution is -0.125. The van der Waals surface area contributed by atoms with Gasteiger partial charge in [-0.2, -0.15) is 0 Å². The predicted molar refractivity (Wildman–Crippen MR) is 93.5 cm³/mol. The largest absolute Gasteiger partial charge is 0.494 e. The van der Waals surface area contributed by atoms with Gasteiger partial charge in [-0.05, 0) is 48.6 Å². The molecule has 2 aromatic rings. The first-order valence-corrected chi connectivity index (χ1v) is 8.46. The van der Waals surface area contributed by atoms with Gasteiger partial charge in [-0.3, -0.25) is 4.79 Å². The molecule has 3 rings (SSSR count). The third-order valence-corrected chi connectivity index (χ3v) is 4.43. The molecule has 2 aromatic carbocycles. The van der Waals surface area contributed by atoms with Crippen LogP contribution in [0.4, 0.5) is 4.39 Å². The molecule has 1 aliphatic rings. The maximum atomic E-state index is 13.6. The van der Waals surface area contributed by atoms with Crippen LogP contribution < -0.4 is 10.1 Å². The Morgan fingerprint density at radius 1 is 1.23 bits per heavy atom. The van der Waals surface area contributed by atoms with Crippen molar-refractivity contribution in [3.63, 3.8) is 0 Å². The lowest BCUT2D eigenvalue weighted by Crippen LogP contribution is -2.34. The summed E-state index contributed by atoms with van der Waals surface area (Å²) in [7, 11) is 1.34. The van der Waals surface area contributed by atoms with E-state index in [9.17, 15) is 14.0 Å². The van der Waals surface area contributed by atoms with E-state index < -0.39 is 18.4 Å². The summed E-state index contributed by atoms with van der Waals surface area (Å²) in [5.41, 5.74) is 2.37. The monoisotopic (exact) mass is 357 g/mol. The molecule has 1 aliphatic carbocycles. The number of esters is 1.